The molecule has 0 bridgehead atoms. The number of rotatable bonds is 6. The summed E-state index contributed by atoms with van der Waals surface area (Å²) in [7, 11) is -2.40. The Morgan fingerprint density at radius 3 is 2.61 bits per heavy atom. The van der Waals surface area contributed by atoms with Crippen LogP contribution in [0.25, 0.3) is 0 Å². The Morgan fingerprint density at radius 1 is 1.30 bits per heavy atom. The third-order valence-electron chi connectivity index (χ3n) is 3.68. The summed E-state index contributed by atoms with van der Waals surface area (Å²) < 4.78 is 27.0. The van der Waals surface area contributed by atoms with Gasteiger partial charge >= 0.3 is 6.03 Å². The summed E-state index contributed by atoms with van der Waals surface area (Å²) in [5, 5.41) is 8.76. The molecule has 1 aromatic heterocycles. The fourth-order valence-electron chi connectivity index (χ4n) is 2.46. The van der Waals surface area contributed by atoms with Crippen molar-refractivity contribution in [3.05, 3.63) is 12.4 Å². The Kier molecular flexibility index (Phi) is 5.59. The number of hydrogen-bond donors (Lipinski definition) is 3. The molecule has 3 amide bonds. The van der Waals surface area contributed by atoms with Crippen LogP contribution in [0.15, 0.2) is 17.3 Å². The molecule has 10 heteroatoms. The van der Waals surface area contributed by atoms with Crippen molar-refractivity contribution < 1.29 is 18.0 Å². The minimum absolute atomic E-state index is 0.112. The normalized spacial score (nSPS) is 15.3. The van der Waals surface area contributed by atoms with Crippen molar-refractivity contribution in [2.75, 3.05) is 13.1 Å². The second-order valence-electron chi connectivity index (χ2n) is 5.59. The minimum Gasteiger partial charge on any atom is -0.338 e. The van der Waals surface area contributed by atoms with Gasteiger partial charge in [-0.1, -0.05) is 12.8 Å². The number of sulfonamides is 1. The van der Waals surface area contributed by atoms with Gasteiger partial charge in [-0.25, -0.2) is 17.9 Å². The molecule has 1 saturated carbocycles. The fourth-order valence-corrected chi connectivity index (χ4v) is 3.42. The lowest BCUT2D eigenvalue weighted by Gasteiger charge is -2.11. The van der Waals surface area contributed by atoms with Gasteiger partial charge in [0, 0.05) is 19.8 Å². The molecule has 1 aromatic rings. The van der Waals surface area contributed by atoms with Crippen molar-refractivity contribution >= 4 is 22.0 Å². The fraction of sp³-hybridized carbons (Fsp3) is 0.615. The molecule has 1 fully saturated rings. The second kappa shape index (κ2) is 7.44. The number of nitrogens with zero attached hydrogens (tertiary/aromatic N) is 2. The highest BCUT2D eigenvalue weighted by Crippen LogP contribution is 2.23. The zero-order valence-corrected chi connectivity index (χ0v) is 13.7. The monoisotopic (exact) mass is 343 g/mol. The zero-order chi connectivity index (χ0) is 16.9. The molecule has 128 valence electrons. The molecule has 1 aliphatic carbocycles. The molecule has 0 radical (unpaired) electrons. The molecule has 2 rings (SSSR count). The Hall–Kier alpha value is -2.10. The predicted octanol–water partition coefficient (Wildman–Crippen LogP) is -0.286. The summed E-state index contributed by atoms with van der Waals surface area (Å²) in [6.45, 7) is 0.150. The van der Waals surface area contributed by atoms with Gasteiger partial charge in [0.2, 0.25) is 0 Å². The van der Waals surface area contributed by atoms with E-state index in [1.54, 1.807) is 7.05 Å². The van der Waals surface area contributed by atoms with Gasteiger partial charge in [0.1, 0.15) is 4.90 Å². The number of aryl methyl sites for hydroxylation is 1. The first-order chi connectivity index (χ1) is 10.9. The van der Waals surface area contributed by atoms with Crippen LogP contribution >= 0.6 is 0 Å². The van der Waals surface area contributed by atoms with Crippen molar-refractivity contribution in [2.24, 2.45) is 13.0 Å². The molecule has 23 heavy (non-hydrogen) atoms. The molecule has 0 atom stereocenters. The van der Waals surface area contributed by atoms with Gasteiger partial charge in [-0.3, -0.25) is 9.48 Å². The lowest BCUT2D eigenvalue weighted by atomic mass is 10.1. The van der Waals surface area contributed by atoms with Gasteiger partial charge in [-0.2, -0.15) is 5.10 Å². The third kappa shape index (κ3) is 5.23. The summed E-state index contributed by atoms with van der Waals surface area (Å²) in [6, 6.07) is -0.481. The van der Waals surface area contributed by atoms with Crippen LogP contribution in [0.5, 0.6) is 0 Å². The topological polar surface area (TPSA) is 122 Å². The number of amides is 3. The van der Waals surface area contributed by atoms with Gasteiger partial charge in [-0.05, 0) is 18.8 Å². The number of carbonyl (C=O) groups excluding carboxylic acids is 2. The van der Waals surface area contributed by atoms with E-state index in [1.165, 1.54) is 23.7 Å². The summed E-state index contributed by atoms with van der Waals surface area (Å²) in [5.74, 6) is -0.328. The van der Waals surface area contributed by atoms with Crippen LogP contribution < -0.4 is 15.4 Å². The van der Waals surface area contributed by atoms with E-state index in [0.29, 0.717) is 12.5 Å². The number of aromatic nitrogens is 2. The van der Waals surface area contributed by atoms with Crippen LogP contribution in [-0.2, 0) is 21.9 Å². The number of hydrogen-bond acceptors (Lipinski definition) is 5. The van der Waals surface area contributed by atoms with Crippen molar-refractivity contribution in [2.45, 2.75) is 30.6 Å². The maximum atomic E-state index is 11.9. The van der Waals surface area contributed by atoms with Crippen LogP contribution in [-0.4, -0.2) is 43.2 Å². The number of nitrogens with one attached hydrogen (secondary N) is 3. The predicted molar refractivity (Wildman–Crippen MR) is 81.9 cm³/mol. The molecule has 0 unspecified atom stereocenters. The van der Waals surface area contributed by atoms with E-state index in [2.05, 4.69) is 15.7 Å². The van der Waals surface area contributed by atoms with Gasteiger partial charge in [0.25, 0.3) is 15.9 Å². The summed E-state index contributed by atoms with van der Waals surface area (Å²) in [6.07, 6.45) is 6.98. The molecular formula is C13H21N5O4S. The first kappa shape index (κ1) is 17.3. The SMILES string of the molecule is Cn1cc(S(=O)(=O)NC(=O)CNC(=O)NCC2CCCC2)cn1. The molecule has 0 spiro atoms. The van der Waals surface area contributed by atoms with Gasteiger partial charge < -0.3 is 10.6 Å². The van der Waals surface area contributed by atoms with Crippen LogP contribution in [0.3, 0.4) is 0 Å². The molecule has 1 heterocycles. The lowest BCUT2D eigenvalue weighted by Crippen LogP contribution is -2.44. The number of carbonyl (C=O) groups is 2. The highest BCUT2D eigenvalue weighted by atomic mass is 32.2. The number of urea groups is 1. The van der Waals surface area contributed by atoms with Crippen molar-refractivity contribution in [3.8, 4) is 0 Å². The average molecular weight is 343 g/mol. The summed E-state index contributed by atoms with van der Waals surface area (Å²) in [4.78, 5) is 23.1. The standard InChI is InChI=1S/C13H21N5O4S/c1-18-9-11(7-16-18)23(21,22)17-12(19)8-15-13(20)14-6-10-4-2-3-5-10/h7,9-10H,2-6,8H2,1H3,(H,17,19)(H2,14,15,20). The molecule has 1 aliphatic rings. The van der Waals surface area contributed by atoms with Crippen molar-refractivity contribution in [1.82, 2.24) is 25.1 Å². The first-order valence-electron chi connectivity index (χ1n) is 7.43. The average Bonchev–Trinajstić information content (AvgIpc) is 3.14. The molecule has 0 aliphatic heterocycles. The van der Waals surface area contributed by atoms with Crippen molar-refractivity contribution in [1.29, 1.82) is 0 Å². The van der Waals surface area contributed by atoms with Crippen LogP contribution in [0, 0.1) is 5.92 Å². The van der Waals surface area contributed by atoms with Crippen LogP contribution in [0.2, 0.25) is 0 Å². The maximum absolute atomic E-state index is 11.9. The Balaban J connectivity index is 1.72. The van der Waals surface area contributed by atoms with E-state index in [1.807, 2.05) is 4.72 Å². The quantitative estimate of drug-likeness (QED) is 0.655. The Bertz CT molecular complexity index is 664. The second-order valence-corrected chi connectivity index (χ2v) is 7.27. The largest absolute Gasteiger partial charge is 0.338 e. The van der Waals surface area contributed by atoms with Crippen molar-refractivity contribution in [3.63, 3.8) is 0 Å². The van der Waals surface area contributed by atoms with E-state index < -0.39 is 28.5 Å². The lowest BCUT2D eigenvalue weighted by molar-refractivity contribution is -0.118. The highest BCUT2D eigenvalue weighted by molar-refractivity contribution is 7.90. The Morgan fingerprint density at radius 2 is 2.00 bits per heavy atom. The van der Waals surface area contributed by atoms with Gasteiger partial charge in [-0.15, -0.1) is 0 Å². The first-order valence-corrected chi connectivity index (χ1v) is 8.91. The summed E-state index contributed by atoms with van der Waals surface area (Å²) >= 11 is 0. The molecule has 0 aromatic carbocycles. The molecule has 0 saturated heterocycles. The smallest absolute Gasteiger partial charge is 0.315 e. The van der Waals surface area contributed by atoms with E-state index in [0.717, 1.165) is 19.0 Å². The molecular weight excluding hydrogens is 322 g/mol. The highest BCUT2D eigenvalue weighted by Gasteiger charge is 2.20. The Labute approximate surface area is 134 Å². The van der Waals surface area contributed by atoms with Crippen LogP contribution in [0.4, 0.5) is 4.79 Å². The van der Waals surface area contributed by atoms with Gasteiger partial charge in [0.05, 0.1) is 12.7 Å². The third-order valence-corrected chi connectivity index (χ3v) is 5.00. The molecule has 3 N–H and O–H groups in total. The van der Waals surface area contributed by atoms with Gasteiger partial charge in [0.15, 0.2) is 0 Å². The van der Waals surface area contributed by atoms with Crippen LogP contribution in [0.1, 0.15) is 25.7 Å². The molecule has 9 nitrogen and oxygen atoms in total. The van der Waals surface area contributed by atoms with E-state index in [4.69, 9.17) is 0 Å². The summed E-state index contributed by atoms with van der Waals surface area (Å²) in [5.41, 5.74) is 0. The zero-order valence-electron chi connectivity index (χ0n) is 12.9. The van der Waals surface area contributed by atoms with E-state index in [9.17, 15) is 18.0 Å². The van der Waals surface area contributed by atoms with E-state index in [-0.39, 0.29) is 4.90 Å². The maximum Gasteiger partial charge on any atom is 0.315 e. The van der Waals surface area contributed by atoms with E-state index >= 15 is 0 Å². The minimum atomic E-state index is -3.97.